The molecule has 3 rings (SSSR count). The molecule has 0 aromatic heterocycles. The fourth-order valence-electron chi connectivity index (χ4n) is 2.59. The minimum Gasteiger partial charge on any atom is -0.355 e. The van der Waals surface area contributed by atoms with Gasteiger partial charge in [-0.15, -0.1) is 11.8 Å². The molecule has 2 aromatic carbocycles. The van der Waals surface area contributed by atoms with Gasteiger partial charge in [0.05, 0.1) is 6.54 Å². The van der Waals surface area contributed by atoms with Crippen LogP contribution in [0.4, 0.5) is 10.1 Å². The zero-order valence-corrected chi connectivity index (χ0v) is 16.0. The van der Waals surface area contributed by atoms with E-state index in [-0.39, 0.29) is 23.0 Å². The van der Waals surface area contributed by atoms with Gasteiger partial charge in [0, 0.05) is 28.9 Å². The maximum atomic E-state index is 13.2. The highest BCUT2D eigenvalue weighted by Crippen LogP contribution is 2.51. The Hall–Kier alpha value is -2.54. The van der Waals surface area contributed by atoms with Crippen molar-refractivity contribution >= 4 is 29.3 Å². The fourth-order valence-corrected chi connectivity index (χ4v) is 3.84. The molecular weight excluding hydrogens is 363 g/mol. The number of halogens is 1. The Morgan fingerprint density at radius 2 is 1.93 bits per heavy atom. The first-order valence-electron chi connectivity index (χ1n) is 8.83. The molecule has 1 amide bonds. The molecule has 1 saturated carbocycles. The lowest BCUT2D eigenvalue weighted by atomic mass is 10.3. The molecule has 142 valence electrons. The van der Waals surface area contributed by atoms with E-state index < -0.39 is 0 Å². The molecule has 0 spiro atoms. The van der Waals surface area contributed by atoms with Crippen molar-refractivity contribution in [3.05, 3.63) is 60.4 Å². The lowest BCUT2D eigenvalue weighted by Crippen LogP contribution is -2.44. The summed E-state index contributed by atoms with van der Waals surface area (Å²) in [6, 6.07) is 16.2. The summed E-state index contributed by atoms with van der Waals surface area (Å²) in [5.74, 6) is -0.0726. The van der Waals surface area contributed by atoms with E-state index in [1.54, 1.807) is 19.2 Å². The van der Waals surface area contributed by atoms with Crippen LogP contribution in [0.5, 0.6) is 0 Å². The average Bonchev–Trinajstić information content (AvgIpc) is 3.42. The predicted octanol–water partition coefficient (Wildman–Crippen LogP) is 3.25. The Morgan fingerprint density at radius 1 is 1.15 bits per heavy atom. The number of anilines is 1. The van der Waals surface area contributed by atoms with Gasteiger partial charge in [-0.2, -0.15) is 0 Å². The number of aliphatic imine (C=N–C) groups is 1. The zero-order valence-electron chi connectivity index (χ0n) is 15.2. The van der Waals surface area contributed by atoms with Gasteiger partial charge in [-0.05, 0) is 43.2 Å². The highest BCUT2D eigenvalue weighted by Gasteiger charge is 2.43. The number of rotatable bonds is 7. The zero-order chi connectivity index (χ0) is 19.1. The summed E-state index contributed by atoms with van der Waals surface area (Å²) in [6.45, 7) is 0.826. The number of amides is 1. The molecule has 0 atom stereocenters. The largest absolute Gasteiger partial charge is 0.355 e. The standard InChI is InChI=1S/C20H23FN4OS/c1-22-19(23-13-18(26)25-16-7-5-6-15(21)12-16)24-14-20(10-11-20)27-17-8-3-2-4-9-17/h2-9,12H,10-11,13-14H2,1H3,(H,25,26)(H2,22,23,24). The van der Waals surface area contributed by atoms with Gasteiger partial charge in [-0.25, -0.2) is 4.39 Å². The quantitative estimate of drug-likeness (QED) is 0.505. The first-order valence-corrected chi connectivity index (χ1v) is 9.64. The third-order valence-corrected chi connectivity index (χ3v) is 5.71. The molecule has 0 saturated heterocycles. The molecule has 0 radical (unpaired) electrons. The molecule has 2 aromatic rings. The van der Waals surface area contributed by atoms with E-state index in [4.69, 9.17) is 0 Å². The second kappa shape index (κ2) is 8.90. The molecule has 0 unspecified atom stereocenters. The number of carbonyl (C=O) groups is 1. The Bertz CT molecular complexity index is 809. The topological polar surface area (TPSA) is 65.5 Å². The number of hydrogen-bond acceptors (Lipinski definition) is 3. The van der Waals surface area contributed by atoms with Crippen LogP contribution in [0.15, 0.2) is 64.5 Å². The molecule has 5 nitrogen and oxygen atoms in total. The number of hydrogen-bond donors (Lipinski definition) is 3. The molecule has 7 heteroatoms. The summed E-state index contributed by atoms with van der Waals surface area (Å²) >= 11 is 1.88. The molecule has 1 fully saturated rings. The average molecular weight is 386 g/mol. The summed E-state index contributed by atoms with van der Waals surface area (Å²) in [5, 5.41) is 8.94. The van der Waals surface area contributed by atoms with E-state index in [1.165, 1.54) is 17.0 Å². The maximum Gasteiger partial charge on any atom is 0.243 e. The van der Waals surface area contributed by atoms with Crippen molar-refractivity contribution in [2.75, 3.05) is 25.5 Å². The van der Waals surface area contributed by atoms with Crippen molar-refractivity contribution in [1.29, 1.82) is 0 Å². The van der Waals surface area contributed by atoms with Gasteiger partial charge in [0.2, 0.25) is 5.91 Å². The number of carbonyl (C=O) groups excluding carboxylic acids is 1. The Kier molecular flexibility index (Phi) is 6.34. The van der Waals surface area contributed by atoms with Crippen molar-refractivity contribution in [2.45, 2.75) is 22.5 Å². The minimum atomic E-state index is -0.385. The lowest BCUT2D eigenvalue weighted by Gasteiger charge is -2.18. The molecule has 0 bridgehead atoms. The van der Waals surface area contributed by atoms with Crippen LogP contribution < -0.4 is 16.0 Å². The Morgan fingerprint density at radius 3 is 2.59 bits per heavy atom. The van der Waals surface area contributed by atoms with E-state index in [2.05, 4.69) is 33.1 Å². The molecule has 3 N–H and O–H groups in total. The van der Waals surface area contributed by atoms with Crippen LogP contribution in [0, 0.1) is 5.82 Å². The number of nitrogens with one attached hydrogen (secondary N) is 3. The Balaban J connectivity index is 1.43. The van der Waals surface area contributed by atoms with Crippen molar-refractivity contribution < 1.29 is 9.18 Å². The van der Waals surface area contributed by atoms with Crippen molar-refractivity contribution in [2.24, 2.45) is 4.99 Å². The van der Waals surface area contributed by atoms with Crippen molar-refractivity contribution in [3.8, 4) is 0 Å². The summed E-state index contributed by atoms with van der Waals surface area (Å²) in [4.78, 5) is 17.4. The summed E-state index contributed by atoms with van der Waals surface area (Å²) in [7, 11) is 1.67. The molecule has 0 heterocycles. The predicted molar refractivity (Wildman–Crippen MR) is 109 cm³/mol. The van der Waals surface area contributed by atoms with Crippen LogP contribution in [-0.2, 0) is 4.79 Å². The first kappa shape index (κ1) is 19.2. The molecule has 0 aliphatic heterocycles. The van der Waals surface area contributed by atoms with Crippen molar-refractivity contribution in [1.82, 2.24) is 10.6 Å². The third kappa shape index (κ3) is 5.99. The van der Waals surface area contributed by atoms with Gasteiger partial charge < -0.3 is 16.0 Å². The third-order valence-electron chi connectivity index (χ3n) is 4.21. The second-order valence-electron chi connectivity index (χ2n) is 6.44. The molecule has 1 aliphatic carbocycles. The van der Waals surface area contributed by atoms with Crippen LogP contribution >= 0.6 is 11.8 Å². The number of thioether (sulfide) groups is 1. The smallest absolute Gasteiger partial charge is 0.243 e. The number of benzene rings is 2. The van der Waals surface area contributed by atoms with E-state index in [0.29, 0.717) is 11.6 Å². The highest BCUT2D eigenvalue weighted by atomic mass is 32.2. The Labute approximate surface area is 162 Å². The van der Waals surface area contributed by atoms with Gasteiger partial charge in [-0.1, -0.05) is 24.3 Å². The molecule has 1 aliphatic rings. The first-order chi connectivity index (χ1) is 13.1. The van der Waals surface area contributed by atoms with Crippen LogP contribution in [0.3, 0.4) is 0 Å². The number of guanidine groups is 1. The second-order valence-corrected chi connectivity index (χ2v) is 7.98. The van der Waals surface area contributed by atoms with Crippen molar-refractivity contribution in [3.63, 3.8) is 0 Å². The van der Waals surface area contributed by atoms with Crippen LogP contribution in [0.1, 0.15) is 12.8 Å². The molecular formula is C20H23FN4OS. The van der Waals surface area contributed by atoms with Crippen LogP contribution in [0.25, 0.3) is 0 Å². The monoisotopic (exact) mass is 386 g/mol. The number of nitrogens with zero attached hydrogens (tertiary/aromatic N) is 1. The van der Waals surface area contributed by atoms with Gasteiger partial charge >= 0.3 is 0 Å². The fraction of sp³-hybridized carbons (Fsp3) is 0.300. The summed E-state index contributed by atoms with van der Waals surface area (Å²) < 4.78 is 13.3. The normalized spacial score (nSPS) is 15.1. The van der Waals surface area contributed by atoms with E-state index >= 15 is 0 Å². The van der Waals surface area contributed by atoms with E-state index in [1.807, 2.05) is 30.0 Å². The minimum absolute atomic E-state index is 0.0506. The van der Waals surface area contributed by atoms with Gasteiger partial charge in [-0.3, -0.25) is 9.79 Å². The van der Waals surface area contributed by atoms with Gasteiger partial charge in [0.25, 0.3) is 0 Å². The van der Waals surface area contributed by atoms with Crippen LogP contribution in [0.2, 0.25) is 0 Å². The lowest BCUT2D eigenvalue weighted by molar-refractivity contribution is -0.115. The maximum absolute atomic E-state index is 13.2. The van der Waals surface area contributed by atoms with E-state index in [0.717, 1.165) is 19.4 Å². The summed E-state index contributed by atoms with van der Waals surface area (Å²) in [5.41, 5.74) is 0.431. The highest BCUT2D eigenvalue weighted by molar-refractivity contribution is 8.01. The SMILES string of the molecule is CN=C(NCC(=O)Nc1cccc(F)c1)NCC1(Sc2ccccc2)CC1. The van der Waals surface area contributed by atoms with Gasteiger partial charge in [0.15, 0.2) is 5.96 Å². The molecule has 27 heavy (non-hydrogen) atoms. The van der Waals surface area contributed by atoms with Gasteiger partial charge in [0.1, 0.15) is 5.82 Å². The van der Waals surface area contributed by atoms with Crippen LogP contribution in [-0.4, -0.2) is 36.8 Å². The van der Waals surface area contributed by atoms with E-state index in [9.17, 15) is 9.18 Å². The summed E-state index contributed by atoms with van der Waals surface area (Å²) in [6.07, 6.45) is 2.30.